The van der Waals surface area contributed by atoms with Crippen LogP contribution in [0.5, 0.6) is 0 Å². The lowest BCUT2D eigenvalue weighted by molar-refractivity contribution is -0.140. The number of benzene rings is 1. The molecule has 1 N–H and O–H groups in total. The molecule has 1 aromatic heterocycles. The first kappa shape index (κ1) is 24.4. The Hall–Kier alpha value is -2.72. The van der Waals surface area contributed by atoms with E-state index in [-0.39, 0.29) is 35.8 Å². The number of nitrogens with one attached hydrogen (secondary N) is 1. The molecule has 0 radical (unpaired) electrons. The smallest absolute Gasteiger partial charge is 0.305 e. The molecule has 0 aliphatic carbocycles. The molecule has 2 aliphatic heterocycles. The standard InChI is InChI=1S/C24H32N4O5S/c1-16-20(10-11-23(29)33-3)17(2)28(26-16)19-8-6-18(7-9-19)24(30)25-21-14-34(31,32)15-22(21)27-12-4-5-13-27/h6-9,21-22H,4-5,10-15H2,1-3H3,(H,25,30). The molecule has 2 unspecified atom stereocenters. The maximum Gasteiger partial charge on any atom is 0.305 e. The molecular weight excluding hydrogens is 456 g/mol. The molecule has 9 nitrogen and oxygen atoms in total. The molecule has 2 saturated heterocycles. The van der Waals surface area contributed by atoms with Crippen molar-refractivity contribution in [2.75, 3.05) is 31.7 Å². The maximum absolute atomic E-state index is 12.9. The highest BCUT2D eigenvalue weighted by Gasteiger charge is 2.42. The highest BCUT2D eigenvalue weighted by atomic mass is 32.2. The zero-order valence-electron chi connectivity index (χ0n) is 19.9. The van der Waals surface area contributed by atoms with Crippen molar-refractivity contribution in [2.45, 2.75) is 51.6 Å². The average Bonchev–Trinajstić information content (AvgIpc) is 3.51. The second-order valence-electron chi connectivity index (χ2n) is 9.15. The minimum absolute atomic E-state index is 0.0158. The van der Waals surface area contributed by atoms with Gasteiger partial charge in [-0.1, -0.05) is 0 Å². The summed E-state index contributed by atoms with van der Waals surface area (Å²) in [7, 11) is -1.79. The van der Waals surface area contributed by atoms with E-state index in [0.717, 1.165) is 48.6 Å². The van der Waals surface area contributed by atoms with Gasteiger partial charge < -0.3 is 10.1 Å². The number of carbonyl (C=O) groups excluding carboxylic acids is 2. The number of likely N-dealkylation sites (tertiary alicyclic amines) is 1. The molecule has 184 valence electrons. The number of nitrogens with zero attached hydrogens (tertiary/aromatic N) is 3. The molecule has 0 spiro atoms. The van der Waals surface area contributed by atoms with Crippen LogP contribution < -0.4 is 5.32 Å². The Balaban J connectivity index is 1.46. The number of amides is 1. The maximum atomic E-state index is 12.9. The number of sulfone groups is 1. The van der Waals surface area contributed by atoms with Gasteiger partial charge in [-0.15, -0.1) is 0 Å². The van der Waals surface area contributed by atoms with E-state index in [9.17, 15) is 18.0 Å². The van der Waals surface area contributed by atoms with E-state index in [2.05, 4.69) is 15.3 Å². The largest absolute Gasteiger partial charge is 0.469 e. The topological polar surface area (TPSA) is 111 Å². The van der Waals surface area contributed by atoms with Crippen LogP contribution in [0.4, 0.5) is 0 Å². The van der Waals surface area contributed by atoms with Crippen LogP contribution in [0, 0.1) is 13.8 Å². The molecule has 4 rings (SSSR count). The van der Waals surface area contributed by atoms with Gasteiger partial charge >= 0.3 is 5.97 Å². The summed E-state index contributed by atoms with van der Waals surface area (Å²) < 4.78 is 31.1. The summed E-state index contributed by atoms with van der Waals surface area (Å²) in [4.78, 5) is 26.6. The third-order valence-electron chi connectivity index (χ3n) is 6.87. The number of esters is 1. The molecular formula is C24H32N4O5S. The number of hydrogen-bond donors (Lipinski definition) is 1. The predicted octanol–water partition coefficient (Wildman–Crippen LogP) is 1.59. The van der Waals surface area contributed by atoms with Crippen LogP contribution in [0.1, 0.15) is 46.6 Å². The molecule has 10 heteroatoms. The summed E-state index contributed by atoms with van der Waals surface area (Å²) in [5, 5.41) is 7.57. The fraction of sp³-hybridized carbons (Fsp3) is 0.542. The second kappa shape index (κ2) is 9.87. The van der Waals surface area contributed by atoms with Gasteiger partial charge in [-0.25, -0.2) is 13.1 Å². The van der Waals surface area contributed by atoms with Gasteiger partial charge in [0, 0.05) is 23.7 Å². The van der Waals surface area contributed by atoms with E-state index in [1.54, 1.807) is 16.8 Å². The van der Waals surface area contributed by atoms with Gasteiger partial charge in [-0.2, -0.15) is 5.10 Å². The van der Waals surface area contributed by atoms with Crippen molar-refractivity contribution >= 4 is 21.7 Å². The summed E-state index contributed by atoms with van der Waals surface area (Å²) in [5.41, 5.74) is 4.06. The van der Waals surface area contributed by atoms with E-state index in [4.69, 9.17) is 4.74 Å². The lowest BCUT2D eigenvalue weighted by Gasteiger charge is -2.28. The first-order valence-corrected chi connectivity index (χ1v) is 13.5. The van der Waals surface area contributed by atoms with Crippen molar-refractivity contribution in [2.24, 2.45) is 0 Å². The summed E-state index contributed by atoms with van der Waals surface area (Å²) in [6, 6.07) is 6.54. The first-order valence-electron chi connectivity index (χ1n) is 11.7. The highest BCUT2D eigenvalue weighted by molar-refractivity contribution is 7.91. The van der Waals surface area contributed by atoms with Crippen LogP contribution >= 0.6 is 0 Å². The van der Waals surface area contributed by atoms with Gasteiger partial charge in [0.2, 0.25) is 0 Å². The molecule has 1 amide bonds. The van der Waals surface area contributed by atoms with Gasteiger partial charge in [0.1, 0.15) is 0 Å². The van der Waals surface area contributed by atoms with Crippen molar-refractivity contribution < 1.29 is 22.7 Å². The zero-order chi connectivity index (χ0) is 24.5. The number of methoxy groups -OCH3 is 1. The Morgan fingerprint density at radius 2 is 1.79 bits per heavy atom. The molecule has 2 aliphatic rings. The lowest BCUT2D eigenvalue weighted by atomic mass is 10.1. The minimum Gasteiger partial charge on any atom is -0.469 e. The van der Waals surface area contributed by atoms with Crippen molar-refractivity contribution in [3.8, 4) is 5.69 Å². The van der Waals surface area contributed by atoms with Crippen LogP contribution in [0.25, 0.3) is 5.69 Å². The summed E-state index contributed by atoms with van der Waals surface area (Å²) >= 11 is 0. The fourth-order valence-electron chi connectivity index (χ4n) is 5.02. The van der Waals surface area contributed by atoms with E-state index >= 15 is 0 Å². The van der Waals surface area contributed by atoms with Crippen molar-refractivity contribution in [1.82, 2.24) is 20.0 Å². The zero-order valence-corrected chi connectivity index (χ0v) is 20.7. The number of ether oxygens (including phenoxy) is 1. The molecule has 0 bridgehead atoms. The van der Waals surface area contributed by atoms with Gasteiger partial charge in [-0.3, -0.25) is 14.5 Å². The van der Waals surface area contributed by atoms with Gasteiger partial charge in [0.25, 0.3) is 5.91 Å². The number of carbonyl (C=O) groups is 2. The summed E-state index contributed by atoms with van der Waals surface area (Å²) in [5.74, 6) is -0.445. The van der Waals surface area contributed by atoms with Crippen LogP contribution in [-0.4, -0.2) is 78.8 Å². The monoisotopic (exact) mass is 488 g/mol. The third-order valence-corrected chi connectivity index (χ3v) is 8.59. The number of hydrogen-bond acceptors (Lipinski definition) is 7. The summed E-state index contributed by atoms with van der Waals surface area (Å²) in [6.07, 6.45) is 2.97. The Bertz CT molecular complexity index is 1170. The normalized spacial score (nSPS) is 22.1. The second-order valence-corrected chi connectivity index (χ2v) is 11.3. The Kier molecular flexibility index (Phi) is 7.09. The number of aromatic nitrogens is 2. The Morgan fingerprint density at radius 3 is 2.44 bits per heavy atom. The SMILES string of the molecule is COC(=O)CCc1c(C)nn(-c2ccc(C(=O)NC3CS(=O)(=O)CC3N3CCCC3)cc2)c1C. The quantitative estimate of drug-likeness (QED) is 0.589. The molecule has 3 heterocycles. The third kappa shape index (κ3) is 5.17. The highest BCUT2D eigenvalue weighted by Crippen LogP contribution is 2.24. The van der Waals surface area contributed by atoms with E-state index in [1.165, 1.54) is 7.11 Å². The van der Waals surface area contributed by atoms with Crippen molar-refractivity contribution in [3.05, 3.63) is 46.8 Å². The summed E-state index contributed by atoms with van der Waals surface area (Å²) in [6.45, 7) is 5.62. The van der Waals surface area contributed by atoms with Crippen LogP contribution in [-0.2, 0) is 25.8 Å². The van der Waals surface area contributed by atoms with Gasteiger partial charge in [0.05, 0.1) is 36.0 Å². The molecule has 34 heavy (non-hydrogen) atoms. The van der Waals surface area contributed by atoms with Crippen molar-refractivity contribution in [3.63, 3.8) is 0 Å². The fourth-order valence-corrected chi connectivity index (χ4v) is 6.98. The molecule has 1 aromatic carbocycles. The molecule has 2 aromatic rings. The first-order chi connectivity index (χ1) is 16.2. The van der Waals surface area contributed by atoms with E-state index in [1.807, 2.05) is 26.0 Å². The molecule has 0 saturated carbocycles. The van der Waals surface area contributed by atoms with Crippen LogP contribution in [0.15, 0.2) is 24.3 Å². The van der Waals surface area contributed by atoms with Crippen LogP contribution in [0.3, 0.4) is 0 Å². The molecule has 2 fully saturated rings. The van der Waals surface area contributed by atoms with Crippen LogP contribution in [0.2, 0.25) is 0 Å². The number of rotatable bonds is 7. The van der Waals surface area contributed by atoms with Gasteiger partial charge in [-0.05, 0) is 76.0 Å². The lowest BCUT2D eigenvalue weighted by Crippen LogP contribution is -2.50. The number of aryl methyl sites for hydroxylation is 1. The van der Waals surface area contributed by atoms with E-state index < -0.39 is 15.9 Å². The van der Waals surface area contributed by atoms with Gasteiger partial charge in [0.15, 0.2) is 9.84 Å². The Labute approximate surface area is 200 Å². The minimum atomic E-state index is -3.17. The van der Waals surface area contributed by atoms with Crippen molar-refractivity contribution in [1.29, 1.82) is 0 Å². The van der Waals surface area contributed by atoms with E-state index in [0.29, 0.717) is 12.0 Å². The molecule has 2 atom stereocenters. The Morgan fingerprint density at radius 1 is 1.12 bits per heavy atom. The predicted molar refractivity (Wildman–Crippen MR) is 128 cm³/mol. The average molecular weight is 489 g/mol.